The first-order chi connectivity index (χ1) is 15.6. The number of fused-ring (bicyclic) bond motifs is 1. The highest BCUT2D eigenvalue weighted by Crippen LogP contribution is 2.33. The van der Waals surface area contributed by atoms with Crippen molar-refractivity contribution in [3.63, 3.8) is 0 Å². The van der Waals surface area contributed by atoms with Crippen LogP contribution in [0.25, 0.3) is 10.8 Å². The van der Waals surface area contributed by atoms with E-state index in [1.165, 1.54) is 10.8 Å². The number of amides is 1. The average molecular weight is 519 g/mol. The Morgan fingerprint density at radius 2 is 1.84 bits per heavy atom. The Bertz CT molecular complexity index is 953. The standard InChI is InChI=1S/C24H32BrN5OS/c25-21-15-18-3-1-2-4-20(18)23(27-21)29-11-9-28(10-12-29)19-7-5-17(6-8-19)22(26)24(31)30-13-14-32-16-30/h1-4,15,17,19,22H,5-14,16,26H2. The molecule has 1 amide bonds. The number of nitrogens with two attached hydrogens (primary N) is 1. The van der Waals surface area contributed by atoms with Crippen LogP contribution in [-0.2, 0) is 4.79 Å². The predicted octanol–water partition coefficient (Wildman–Crippen LogP) is 3.54. The van der Waals surface area contributed by atoms with Crippen LogP contribution in [0.15, 0.2) is 34.9 Å². The summed E-state index contributed by atoms with van der Waals surface area (Å²) in [4.78, 5) is 24.5. The molecule has 2 saturated heterocycles. The van der Waals surface area contributed by atoms with Crippen LogP contribution in [0.4, 0.5) is 5.82 Å². The van der Waals surface area contributed by atoms with Gasteiger partial charge in [-0.05, 0) is 59.0 Å². The summed E-state index contributed by atoms with van der Waals surface area (Å²) in [6.07, 6.45) is 4.43. The van der Waals surface area contributed by atoms with Gasteiger partial charge in [0.2, 0.25) is 5.91 Å². The van der Waals surface area contributed by atoms with E-state index in [-0.39, 0.29) is 11.9 Å². The van der Waals surface area contributed by atoms with Crippen molar-refractivity contribution in [3.8, 4) is 0 Å². The van der Waals surface area contributed by atoms with Gasteiger partial charge in [0.25, 0.3) is 0 Å². The summed E-state index contributed by atoms with van der Waals surface area (Å²) in [6, 6.07) is 10.9. The minimum Gasteiger partial charge on any atom is -0.353 e. The summed E-state index contributed by atoms with van der Waals surface area (Å²) in [7, 11) is 0. The highest BCUT2D eigenvalue weighted by Gasteiger charge is 2.35. The molecule has 3 heterocycles. The maximum Gasteiger partial charge on any atom is 0.240 e. The number of rotatable bonds is 4. The molecule has 0 radical (unpaired) electrons. The van der Waals surface area contributed by atoms with E-state index >= 15 is 0 Å². The van der Waals surface area contributed by atoms with Crippen LogP contribution in [0.2, 0.25) is 0 Å². The molecule has 2 aromatic rings. The molecule has 0 bridgehead atoms. The number of thioether (sulfide) groups is 1. The van der Waals surface area contributed by atoms with Crippen LogP contribution < -0.4 is 10.6 Å². The second kappa shape index (κ2) is 9.87. The molecule has 0 spiro atoms. The fourth-order valence-electron chi connectivity index (χ4n) is 5.51. The van der Waals surface area contributed by atoms with Gasteiger partial charge in [-0.1, -0.05) is 24.3 Å². The summed E-state index contributed by atoms with van der Waals surface area (Å²) >= 11 is 5.41. The van der Waals surface area contributed by atoms with E-state index in [9.17, 15) is 4.79 Å². The Labute approximate surface area is 203 Å². The Hall–Kier alpha value is -1.35. The number of aromatic nitrogens is 1. The predicted molar refractivity (Wildman–Crippen MR) is 136 cm³/mol. The van der Waals surface area contributed by atoms with Gasteiger partial charge >= 0.3 is 0 Å². The van der Waals surface area contributed by atoms with Gasteiger partial charge in [-0.2, -0.15) is 0 Å². The van der Waals surface area contributed by atoms with Crippen LogP contribution in [0.3, 0.4) is 0 Å². The van der Waals surface area contributed by atoms with Crippen molar-refractivity contribution in [3.05, 3.63) is 34.9 Å². The first-order valence-electron chi connectivity index (χ1n) is 11.8. The zero-order valence-corrected chi connectivity index (χ0v) is 20.9. The van der Waals surface area contributed by atoms with Crippen molar-refractivity contribution >= 4 is 50.2 Å². The minimum absolute atomic E-state index is 0.167. The molecule has 3 fully saturated rings. The summed E-state index contributed by atoms with van der Waals surface area (Å²) < 4.78 is 0.894. The molecule has 8 heteroatoms. The minimum atomic E-state index is -0.317. The molecule has 2 aliphatic heterocycles. The van der Waals surface area contributed by atoms with E-state index in [2.05, 4.69) is 56.1 Å². The van der Waals surface area contributed by atoms with Gasteiger partial charge in [-0.15, -0.1) is 11.8 Å². The lowest BCUT2D eigenvalue weighted by molar-refractivity contribution is -0.132. The van der Waals surface area contributed by atoms with Gasteiger partial charge in [0.05, 0.1) is 11.9 Å². The van der Waals surface area contributed by atoms with Gasteiger partial charge in [-0.25, -0.2) is 4.98 Å². The number of hydrogen-bond acceptors (Lipinski definition) is 6. The molecule has 2 N–H and O–H groups in total. The van der Waals surface area contributed by atoms with E-state index < -0.39 is 0 Å². The topological polar surface area (TPSA) is 65.7 Å². The Kier molecular flexibility index (Phi) is 6.92. The highest BCUT2D eigenvalue weighted by atomic mass is 79.9. The molecule has 1 aromatic carbocycles. The van der Waals surface area contributed by atoms with Crippen LogP contribution >= 0.6 is 27.7 Å². The molecule has 1 aromatic heterocycles. The number of anilines is 1. The molecule has 5 rings (SSSR count). The lowest BCUT2D eigenvalue weighted by Gasteiger charge is -2.43. The fourth-order valence-corrected chi connectivity index (χ4v) is 6.88. The summed E-state index contributed by atoms with van der Waals surface area (Å²) in [5.74, 6) is 3.45. The molecular weight excluding hydrogens is 486 g/mol. The number of piperazine rings is 1. The van der Waals surface area contributed by atoms with E-state index in [4.69, 9.17) is 10.7 Å². The Morgan fingerprint density at radius 1 is 1.09 bits per heavy atom. The smallest absolute Gasteiger partial charge is 0.240 e. The third-order valence-corrected chi connectivity index (χ3v) is 8.79. The molecule has 3 aliphatic rings. The molecular formula is C24H32BrN5OS. The number of carbonyl (C=O) groups excluding carboxylic acids is 1. The number of pyridine rings is 1. The van der Waals surface area contributed by atoms with Crippen molar-refractivity contribution in [1.82, 2.24) is 14.8 Å². The first kappa shape index (κ1) is 22.4. The van der Waals surface area contributed by atoms with Crippen molar-refractivity contribution in [1.29, 1.82) is 0 Å². The highest BCUT2D eigenvalue weighted by molar-refractivity contribution is 9.10. The summed E-state index contributed by atoms with van der Waals surface area (Å²) in [6.45, 7) is 4.98. The van der Waals surface area contributed by atoms with Crippen LogP contribution in [0, 0.1) is 5.92 Å². The second-order valence-electron chi connectivity index (χ2n) is 9.25. The van der Waals surface area contributed by atoms with Crippen molar-refractivity contribution in [2.24, 2.45) is 11.7 Å². The van der Waals surface area contributed by atoms with Crippen molar-refractivity contribution < 1.29 is 4.79 Å². The van der Waals surface area contributed by atoms with E-state index in [1.807, 2.05) is 16.7 Å². The normalized spacial score (nSPS) is 25.9. The lowest BCUT2D eigenvalue weighted by atomic mass is 9.80. The summed E-state index contributed by atoms with van der Waals surface area (Å²) in [5, 5.41) is 2.45. The third kappa shape index (κ3) is 4.65. The van der Waals surface area contributed by atoms with Gasteiger partial charge in [-0.3, -0.25) is 9.69 Å². The van der Waals surface area contributed by atoms with E-state index in [1.54, 1.807) is 0 Å². The SMILES string of the molecule is NC(C(=O)N1CCSC1)C1CCC(N2CCN(c3nc(Br)cc4ccccc34)CC2)CC1. The number of halogens is 1. The largest absolute Gasteiger partial charge is 0.353 e. The Morgan fingerprint density at radius 3 is 2.56 bits per heavy atom. The Balaban J connectivity index is 1.15. The van der Waals surface area contributed by atoms with Gasteiger partial charge in [0, 0.05) is 49.9 Å². The van der Waals surface area contributed by atoms with Gasteiger partial charge in [0.1, 0.15) is 10.4 Å². The zero-order chi connectivity index (χ0) is 22.1. The van der Waals surface area contributed by atoms with Crippen LogP contribution in [0.5, 0.6) is 0 Å². The fraction of sp³-hybridized carbons (Fsp3) is 0.583. The molecule has 1 aliphatic carbocycles. The maximum atomic E-state index is 12.7. The molecule has 1 atom stereocenters. The molecule has 172 valence electrons. The zero-order valence-electron chi connectivity index (χ0n) is 18.5. The summed E-state index contributed by atoms with van der Waals surface area (Å²) in [5.41, 5.74) is 6.40. The third-order valence-electron chi connectivity index (χ3n) is 7.42. The van der Waals surface area contributed by atoms with Crippen molar-refractivity contribution in [2.45, 2.75) is 37.8 Å². The van der Waals surface area contributed by atoms with Gasteiger partial charge < -0.3 is 15.5 Å². The van der Waals surface area contributed by atoms with Crippen LogP contribution in [0.1, 0.15) is 25.7 Å². The van der Waals surface area contributed by atoms with Crippen LogP contribution in [-0.4, -0.2) is 77.1 Å². The first-order valence-corrected chi connectivity index (χ1v) is 13.7. The number of benzene rings is 1. The lowest BCUT2D eigenvalue weighted by Crippen LogP contribution is -2.53. The van der Waals surface area contributed by atoms with E-state index in [0.29, 0.717) is 12.0 Å². The molecule has 1 saturated carbocycles. The maximum absolute atomic E-state index is 12.7. The molecule has 1 unspecified atom stereocenters. The number of hydrogen-bond donors (Lipinski definition) is 1. The van der Waals surface area contributed by atoms with Gasteiger partial charge in [0.15, 0.2) is 0 Å². The molecule has 32 heavy (non-hydrogen) atoms. The second-order valence-corrected chi connectivity index (χ2v) is 11.1. The molecule has 6 nitrogen and oxygen atoms in total. The average Bonchev–Trinajstić information content (AvgIpc) is 3.38. The number of carbonyl (C=O) groups is 1. The quantitative estimate of drug-likeness (QED) is 0.625. The van der Waals surface area contributed by atoms with Crippen molar-refractivity contribution in [2.75, 3.05) is 49.3 Å². The monoisotopic (exact) mass is 517 g/mol. The van der Waals surface area contributed by atoms with E-state index in [0.717, 1.165) is 80.5 Å². The number of nitrogens with zero attached hydrogens (tertiary/aromatic N) is 4.